The predicted octanol–water partition coefficient (Wildman–Crippen LogP) is 7.78. The van der Waals surface area contributed by atoms with Gasteiger partial charge in [-0.25, -0.2) is 14.0 Å². The molecule has 6 atom stereocenters. The third kappa shape index (κ3) is 11.0. The van der Waals surface area contributed by atoms with Crippen LogP contribution in [0, 0.1) is 16.6 Å². The quantitative estimate of drug-likeness (QED) is 0.143. The van der Waals surface area contributed by atoms with Crippen molar-refractivity contribution < 1.29 is 37.8 Å². The minimum absolute atomic E-state index is 0.0608. The van der Waals surface area contributed by atoms with Crippen molar-refractivity contribution in [2.24, 2.45) is 10.8 Å². The summed E-state index contributed by atoms with van der Waals surface area (Å²) in [6.45, 7) is 12.9. The summed E-state index contributed by atoms with van der Waals surface area (Å²) in [4.78, 5) is 71.7. The zero-order valence-electron chi connectivity index (χ0n) is 37.8. The molecule has 63 heavy (non-hydrogen) atoms. The molecular formula is C48H64FN7O7. The van der Waals surface area contributed by atoms with Crippen LogP contribution in [0.5, 0.6) is 0 Å². The van der Waals surface area contributed by atoms with Gasteiger partial charge in [0, 0.05) is 42.7 Å². The van der Waals surface area contributed by atoms with E-state index in [-0.39, 0.29) is 41.7 Å². The smallest absolute Gasteiger partial charge is 0.407 e. The first-order chi connectivity index (χ1) is 29.9. The molecule has 3 aromatic carbocycles. The molecule has 0 bridgehead atoms. The summed E-state index contributed by atoms with van der Waals surface area (Å²) in [6, 6.07) is 20.0. The lowest BCUT2D eigenvalue weighted by Gasteiger charge is -2.35. The van der Waals surface area contributed by atoms with E-state index in [4.69, 9.17) is 9.47 Å². The number of amides is 5. The Bertz CT molecular complexity index is 2120. The van der Waals surface area contributed by atoms with Gasteiger partial charge in [0.15, 0.2) is 0 Å². The van der Waals surface area contributed by atoms with Gasteiger partial charge in [0.2, 0.25) is 17.7 Å². The number of ether oxygens (including phenoxy) is 2. The van der Waals surface area contributed by atoms with E-state index < -0.39 is 41.1 Å². The molecule has 3 saturated heterocycles. The molecule has 3 aliphatic heterocycles. The van der Waals surface area contributed by atoms with Crippen LogP contribution in [0.3, 0.4) is 0 Å². The second-order valence-corrected chi connectivity index (χ2v) is 19.0. The maximum absolute atomic E-state index is 14.3. The molecule has 0 spiro atoms. The minimum Gasteiger partial charge on any atom is -0.453 e. The summed E-state index contributed by atoms with van der Waals surface area (Å²) in [6.07, 6.45) is 3.08. The van der Waals surface area contributed by atoms with Gasteiger partial charge < -0.3 is 45.4 Å². The Morgan fingerprint density at radius 1 is 0.683 bits per heavy atom. The molecule has 0 aliphatic carbocycles. The summed E-state index contributed by atoms with van der Waals surface area (Å²) in [5.74, 6) is -1.09. The Labute approximate surface area is 370 Å². The molecule has 3 aromatic rings. The summed E-state index contributed by atoms with van der Waals surface area (Å²) in [7, 11) is 2.54. The number of halogens is 1. The number of hydrogen-bond acceptors (Lipinski definition) is 9. The monoisotopic (exact) mass is 869 g/mol. The van der Waals surface area contributed by atoms with Gasteiger partial charge in [-0.2, -0.15) is 0 Å². The number of benzene rings is 3. The van der Waals surface area contributed by atoms with Crippen LogP contribution in [-0.2, 0) is 23.9 Å². The lowest BCUT2D eigenvalue weighted by molar-refractivity contribution is -0.140. The van der Waals surface area contributed by atoms with E-state index >= 15 is 0 Å². The van der Waals surface area contributed by atoms with Crippen molar-refractivity contribution in [3.63, 3.8) is 0 Å². The average molecular weight is 870 g/mol. The Kier molecular flexibility index (Phi) is 14.6. The molecule has 3 aliphatic rings. The first-order valence-corrected chi connectivity index (χ1v) is 22.0. The van der Waals surface area contributed by atoms with Gasteiger partial charge >= 0.3 is 12.2 Å². The van der Waals surface area contributed by atoms with Crippen LogP contribution in [-0.4, -0.2) is 97.7 Å². The van der Waals surface area contributed by atoms with E-state index in [1.807, 2.05) is 82.8 Å². The Morgan fingerprint density at radius 2 is 1.19 bits per heavy atom. The lowest BCUT2D eigenvalue weighted by Crippen LogP contribution is -2.57. The molecule has 5 amide bonds. The molecule has 14 nitrogen and oxygen atoms in total. The molecular weight excluding hydrogens is 806 g/mol. The molecule has 0 unspecified atom stereocenters. The topological polar surface area (TPSA) is 162 Å². The third-order valence-electron chi connectivity index (χ3n) is 12.5. The van der Waals surface area contributed by atoms with Gasteiger partial charge in [-0.1, -0.05) is 65.8 Å². The molecule has 3 fully saturated rings. The fourth-order valence-electron chi connectivity index (χ4n) is 9.20. The van der Waals surface area contributed by atoms with Crippen LogP contribution >= 0.6 is 0 Å². The number of nitrogens with zero attached hydrogens (tertiary/aromatic N) is 3. The fraction of sp³-hybridized carbons (Fsp3) is 0.521. The minimum atomic E-state index is -0.885. The van der Waals surface area contributed by atoms with E-state index in [0.29, 0.717) is 38.2 Å². The first-order valence-electron chi connectivity index (χ1n) is 22.0. The summed E-state index contributed by atoms with van der Waals surface area (Å²) in [5.41, 5.74) is 3.27. The zero-order valence-corrected chi connectivity index (χ0v) is 37.8. The first kappa shape index (κ1) is 46.6. The van der Waals surface area contributed by atoms with Crippen LogP contribution in [0.1, 0.15) is 103 Å². The van der Waals surface area contributed by atoms with E-state index in [2.05, 4.69) is 38.3 Å². The van der Waals surface area contributed by atoms with Crippen LogP contribution in [0.15, 0.2) is 72.8 Å². The van der Waals surface area contributed by atoms with Gasteiger partial charge in [0.1, 0.15) is 23.9 Å². The van der Waals surface area contributed by atoms with E-state index in [9.17, 15) is 28.4 Å². The van der Waals surface area contributed by atoms with Crippen LogP contribution < -0.4 is 26.2 Å². The summed E-state index contributed by atoms with van der Waals surface area (Å²) >= 11 is 0. The second kappa shape index (κ2) is 19.7. The van der Waals surface area contributed by atoms with E-state index in [1.54, 1.807) is 17.0 Å². The number of alkyl carbamates (subject to hydrolysis) is 2. The van der Waals surface area contributed by atoms with Crippen molar-refractivity contribution >= 4 is 47.0 Å². The number of methoxy groups -OCH3 is 2. The standard InChI is InChI=1S/C48H64FN7O7/c1-47(2,3)40(52-45(60)62-7)43(58)54-25-11-17-36(54)29-50-33-15-9-13-30(27-33)37-23-24-38(56(37)35-21-19-32(49)20-22-35)31-14-10-16-34(28-31)51-42(57)39-18-12-26-55(39)44(59)41(48(4,5)6)53-46(61)63-8/h9-10,13-16,19-22,27-28,36-41,50H,11-12,17-18,23-26,29H2,1-8H3,(H,51,57)(H,52,60)(H,53,61)/t36-,37+,38+,39-,40+,41+/m0/s1. The van der Waals surface area contributed by atoms with Crippen molar-refractivity contribution in [3.8, 4) is 0 Å². The molecule has 3 heterocycles. The number of carbonyl (C=O) groups excluding carboxylic acids is 5. The van der Waals surface area contributed by atoms with Crippen LogP contribution in [0.2, 0.25) is 0 Å². The number of likely N-dealkylation sites (tertiary alicyclic amines) is 2. The number of carbonyl (C=O) groups is 5. The van der Waals surface area contributed by atoms with Crippen molar-refractivity contribution in [2.45, 2.75) is 116 Å². The van der Waals surface area contributed by atoms with E-state index in [1.165, 1.54) is 26.4 Å². The summed E-state index contributed by atoms with van der Waals surface area (Å²) < 4.78 is 23.9. The second-order valence-electron chi connectivity index (χ2n) is 19.0. The van der Waals surface area contributed by atoms with Crippen molar-refractivity contribution in [1.82, 2.24) is 20.4 Å². The summed E-state index contributed by atoms with van der Waals surface area (Å²) in [5, 5.41) is 12.1. The largest absolute Gasteiger partial charge is 0.453 e. The number of anilines is 3. The highest BCUT2D eigenvalue weighted by Crippen LogP contribution is 2.47. The Morgan fingerprint density at radius 3 is 1.75 bits per heavy atom. The molecule has 340 valence electrons. The zero-order chi connectivity index (χ0) is 45.6. The lowest BCUT2D eigenvalue weighted by atomic mass is 9.85. The van der Waals surface area contributed by atoms with Gasteiger partial charge in [0.25, 0.3) is 0 Å². The van der Waals surface area contributed by atoms with E-state index in [0.717, 1.165) is 48.2 Å². The normalized spacial score (nSPS) is 21.1. The molecule has 0 saturated carbocycles. The average Bonchev–Trinajstić information content (AvgIpc) is 4.04. The SMILES string of the molecule is COC(=O)N[C@H](C(=O)N1CCC[C@H]1CNc1cccc([C@H]2CC[C@H](c3cccc(NC(=O)[C@@H]4CCCN4C(=O)[C@@H](NC(=O)OC)C(C)(C)C)c3)N2c2ccc(F)cc2)c1)C(C)(C)C. The van der Waals surface area contributed by atoms with Gasteiger partial charge in [-0.3, -0.25) is 14.4 Å². The highest BCUT2D eigenvalue weighted by Gasteiger charge is 2.43. The van der Waals surface area contributed by atoms with Crippen LogP contribution in [0.4, 0.5) is 31.0 Å². The number of rotatable bonds is 12. The van der Waals surface area contributed by atoms with Crippen molar-refractivity contribution in [1.29, 1.82) is 0 Å². The highest BCUT2D eigenvalue weighted by atomic mass is 19.1. The molecule has 0 aromatic heterocycles. The number of nitrogens with one attached hydrogen (secondary N) is 4. The number of hydrogen-bond donors (Lipinski definition) is 4. The highest BCUT2D eigenvalue weighted by molar-refractivity contribution is 5.99. The Balaban J connectivity index is 1.18. The third-order valence-corrected chi connectivity index (χ3v) is 12.5. The molecule has 4 N–H and O–H groups in total. The predicted molar refractivity (Wildman–Crippen MR) is 241 cm³/mol. The van der Waals surface area contributed by atoms with Gasteiger partial charge in [-0.05, 0) is 109 Å². The maximum atomic E-state index is 14.3. The Hall–Kier alpha value is -5.86. The maximum Gasteiger partial charge on any atom is 0.407 e. The van der Waals surface area contributed by atoms with Crippen molar-refractivity contribution in [2.75, 3.05) is 49.4 Å². The van der Waals surface area contributed by atoms with Crippen molar-refractivity contribution in [3.05, 3.63) is 89.7 Å². The molecule has 6 rings (SSSR count). The van der Waals surface area contributed by atoms with Gasteiger partial charge in [0.05, 0.1) is 26.3 Å². The molecule has 0 radical (unpaired) electrons. The molecule has 15 heteroatoms. The fourth-order valence-corrected chi connectivity index (χ4v) is 9.20. The van der Waals surface area contributed by atoms with Gasteiger partial charge in [-0.15, -0.1) is 0 Å². The van der Waals surface area contributed by atoms with Crippen LogP contribution in [0.25, 0.3) is 0 Å².